The Labute approximate surface area is 94.4 Å². The lowest BCUT2D eigenvalue weighted by molar-refractivity contribution is 0.0951. The number of nitrogens with one attached hydrogen (secondary N) is 1. The minimum Gasteiger partial charge on any atom is -0.317 e. The van der Waals surface area contributed by atoms with Gasteiger partial charge in [-0.1, -0.05) is 13.8 Å². The van der Waals surface area contributed by atoms with E-state index in [1.807, 2.05) is 0 Å². The Kier molecular flexibility index (Phi) is 3.68. The van der Waals surface area contributed by atoms with Crippen LogP contribution in [0, 0.1) is 5.92 Å². The van der Waals surface area contributed by atoms with Crippen LogP contribution in [0.3, 0.4) is 0 Å². The highest BCUT2D eigenvalue weighted by atomic mass is 15.2. The summed E-state index contributed by atoms with van der Waals surface area (Å²) >= 11 is 0. The Morgan fingerprint density at radius 2 is 1.93 bits per heavy atom. The first-order valence-corrected chi connectivity index (χ1v) is 6.69. The van der Waals surface area contributed by atoms with Crippen LogP contribution in [0.15, 0.2) is 0 Å². The van der Waals surface area contributed by atoms with Gasteiger partial charge in [-0.05, 0) is 64.2 Å². The van der Waals surface area contributed by atoms with Gasteiger partial charge < -0.3 is 5.32 Å². The SMILES string of the molecule is CC(C)CCN1CCCC12CCNCC2. The van der Waals surface area contributed by atoms with Gasteiger partial charge in [0.2, 0.25) is 0 Å². The van der Waals surface area contributed by atoms with Crippen LogP contribution < -0.4 is 5.32 Å². The topological polar surface area (TPSA) is 15.3 Å². The van der Waals surface area contributed by atoms with Gasteiger partial charge in [-0.15, -0.1) is 0 Å². The lowest BCUT2D eigenvalue weighted by atomic mass is 9.85. The Morgan fingerprint density at radius 1 is 1.20 bits per heavy atom. The van der Waals surface area contributed by atoms with Gasteiger partial charge in [0.15, 0.2) is 0 Å². The quantitative estimate of drug-likeness (QED) is 0.768. The van der Waals surface area contributed by atoms with E-state index in [-0.39, 0.29) is 0 Å². The smallest absolute Gasteiger partial charge is 0.0234 e. The summed E-state index contributed by atoms with van der Waals surface area (Å²) in [5, 5.41) is 3.49. The minimum atomic E-state index is 0.597. The van der Waals surface area contributed by atoms with Crippen LogP contribution in [0.1, 0.15) is 46.0 Å². The molecule has 1 N–H and O–H groups in total. The van der Waals surface area contributed by atoms with Crippen molar-refractivity contribution in [3.8, 4) is 0 Å². The molecule has 0 aromatic heterocycles. The van der Waals surface area contributed by atoms with Crippen LogP contribution in [0.4, 0.5) is 0 Å². The number of piperidine rings is 1. The maximum atomic E-state index is 3.49. The molecule has 0 aromatic rings. The Morgan fingerprint density at radius 3 is 2.60 bits per heavy atom. The molecule has 2 heteroatoms. The third-order valence-electron chi connectivity index (χ3n) is 4.25. The summed E-state index contributed by atoms with van der Waals surface area (Å²) in [4.78, 5) is 2.80. The van der Waals surface area contributed by atoms with E-state index < -0.39 is 0 Å². The van der Waals surface area contributed by atoms with Crippen LogP contribution >= 0.6 is 0 Å². The lowest BCUT2D eigenvalue weighted by Crippen LogP contribution is -2.51. The van der Waals surface area contributed by atoms with Crippen molar-refractivity contribution in [2.24, 2.45) is 5.92 Å². The zero-order chi connectivity index (χ0) is 10.7. The number of hydrogen-bond acceptors (Lipinski definition) is 2. The van der Waals surface area contributed by atoms with E-state index in [1.54, 1.807) is 0 Å². The Balaban J connectivity index is 1.91. The van der Waals surface area contributed by atoms with E-state index in [4.69, 9.17) is 0 Å². The van der Waals surface area contributed by atoms with Crippen molar-refractivity contribution in [2.45, 2.75) is 51.5 Å². The second-order valence-corrected chi connectivity index (χ2v) is 5.75. The summed E-state index contributed by atoms with van der Waals surface area (Å²) in [5.41, 5.74) is 0.597. The predicted octanol–water partition coefficient (Wildman–Crippen LogP) is 2.25. The molecule has 2 rings (SSSR count). The largest absolute Gasteiger partial charge is 0.317 e. The molecule has 0 aliphatic carbocycles. The standard InChI is InChI=1S/C13H26N2/c1-12(2)4-11-15-10-3-5-13(15)6-8-14-9-7-13/h12,14H,3-11H2,1-2H3. The van der Waals surface area contributed by atoms with Gasteiger partial charge in [0.25, 0.3) is 0 Å². The molecule has 15 heavy (non-hydrogen) atoms. The van der Waals surface area contributed by atoms with Gasteiger partial charge in [0.1, 0.15) is 0 Å². The van der Waals surface area contributed by atoms with Crippen molar-refractivity contribution in [2.75, 3.05) is 26.2 Å². The van der Waals surface area contributed by atoms with E-state index in [1.165, 1.54) is 58.3 Å². The van der Waals surface area contributed by atoms with Gasteiger partial charge in [-0.3, -0.25) is 4.90 Å². The van der Waals surface area contributed by atoms with Gasteiger partial charge in [-0.2, -0.15) is 0 Å². The third kappa shape index (κ3) is 2.54. The number of hydrogen-bond donors (Lipinski definition) is 1. The average molecular weight is 210 g/mol. The molecular weight excluding hydrogens is 184 g/mol. The van der Waals surface area contributed by atoms with Gasteiger partial charge in [-0.25, -0.2) is 0 Å². The fourth-order valence-corrected chi connectivity index (χ4v) is 3.22. The molecule has 1 spiro atoms. The molecule has 0 radical (unpaired) electrons. The molecule has 0 unspecified atom stereocenters. The van der Waals surface area contributed by atoms with E-state index in [0.29, 0.717) is 5.54 Å². The number of rotatable bonds is 3. The van der Waals surface area contributed by atoms with Crippen molar-refractivity contribution in [1.29, 1.82) is 0 Å². The predicted molar refractivity (Wildman–Crippen MR) is 65.1 cm³/mol. The van der Waals surface area contributed by atoms with Crippen LogP contribution in [0.5, 0.6) is 0 Å². The van der Waals surface area contributed by atoms with Crippen molar-refractivity contribution < 1.29 is 0 Å². The van der Waals surface area contributed by atoms with Crippen LogP contribution in [0.25, 0.3) is 0 Å². The molecule has 2 heterocycles. The van der Waals surface area contributed by atoms with Crippen LogP contribution in [-0.2, 0) is 0 Å². The zero-order valence-corrected chi connectivity index (χ0v) is 10.4. The molecule has 0 saturated carbocycles. The molecule has 0 aromatic carbocycles. The first-order chi connectivity index (χ1) is 7.23. The summed E-state index contributed by atoms with van der Waals surface area (Å²) in [6, 6.07) is 0. The van der Waals surface area contributed by atoms with E-state index in [2.05, 4.69) is 24.1 Å². The summed E-state index contributed by atoms with van der Waals surface area (Å²) < 4.78 is 0. The monoisotopic (exact) mass is 210 g/mol. The Hall–Kier alpha value is -0.0800. The fourth-order valence-electron chi connectivity index (χ4n) is 3.22. The molecule has 0 bridgehead atoms. The maximum Gasteiger partial charge on any atom is 0.0234 e. The summed E-state index contributed by atoms with van der Waals surface area (Å²) in [5.74, 6) is 0.851. The Bertz CT molecular complexity index is 195. The zero-order valence-electron chi connectivity index (χ0n) is 10.4. The first-order valence-electron chi connectivity index (χ1n) is 6.69. The molecule has 0 atom stereocenters. The third-order valence-corrected chi connectivity index (χ3v) is 4.25. The van der Waals surface area contributed by atoms with Crippen molar-refractivity contribution in [3.63, 3.8) is 0 Å². The van der Waals surface area contributed by atoms with Crippen molar-refractivity contribution in [3.05, 3.63) is 0 Å². The fraction of sp³-hybridized carbons (Fsp3) is 1.00. The molecule has 2 saturated heterocycles. The summed E-state index contributed by atoms with van der Waals surface area (Å²) in [7, 11) is 0. The van der Waals surface area contributed by atoms with Gasteiger partial charge >= 0.3 is 0 Å². The van der Waals surface area contributed by atoms with E-state index in [9.17, 15) is 0 Å². The minimum absolute atomic E-state index is 0.597. The van der Waals surface area contributed by atoms with E-state index >= 15 is 0 Å². The normalized spacial score (nSPS) is 26.6. The highest BCUT2D eigenvalue weighted by Gasteiger charge is 2.40. The lowest BCUT2D eigenvalue weighted by Gasteiger charge is -2.42. The highest BCUT2D eigenvalue weighted by molar-refractivity contribution is 4.98. The second-order valence-electron chi connectivity index (χ2n) is 5.75. The van der Waals surface area contributed by atoms with Crippen LogP contribution in [0.2, 0.25) is 0 Å². The van der Waals surface area contributed by atoms with Crippen LogP contribution in [-0.4, -0.2) is 36.6 Å². The summed E-state index contributed by atoms with van der Waals surface area (Å²) in [6.07, 6.45) is 7.01. The summed E-state index contributed by atoms with van der Waals surface area (Å²) in [6.45, 7) is 9.83. The van der Waals surface area contributed by atoms with Crippen molar-refractivity contribution >= 4 is 0 Å². The average Bonchev–Trinajstić information content (AvgIpc) is 2.59. The van der Waals surface area contributed by atoms with Gasteiger partial charge in [0, 0.05) is 5.54 Å². The maximum absolute atomic E-state index is 3.49. The molecule has 2 aliphatic rings. The molecule has 88 valence electrons. The molecular formula is C13H26N2. The number of nitrogens with zero attached hydrogens (tertiary/aromatic N) is 1. The molecule has 2 nitrogen and oxygen atoms in total. The first kappa shape index (κ1) is 11.4. The second kappa shape index (κ2) is 4.84. The number of likely N-dealkylation sites (tertiary alicyclic amines) is 1. The van der Waals surface area contributed by atoms with E-state index in [0.717, 1.165) is 5.92 Å². The van der Waals surface area contributed by atoms with Gasteiger partial charge in [0.05, 0.1) is 0 Å². The molecule has 2 aliphatic heterocycles. The van der Waals surface area contributed by atoms with Crippen molar-refractivity contribution in [1.82, 2.24) is 10.2 Å². The molecule has 2 fully saturated rings. The highest BCUT2D eigenvalue weighted by Crippen LogP contribution is 2.36. The molecule has 0 amide bonds.